The Bertz CT molecular complexity index is 830. The molecule has 0 saturated carbocycles. The number of methoxy groups -OCH3 is 1. The van der Waals surface area contributed by atoms with Gasteiger partial charge in [0, 0.05) is 13.2 Å². The minimum atomic E-state index is -0.626. The van der Waals surface area contributed by atoms with E-state index in [1.54, 1.807) is 19.3 Å². The van der Waals surface area contributed by atoms with Gasteiger partial charge in [-0.15, -0.1) is 0 Å². The highest BCUT2D eigenvalue weighted by molar-refractivity contribution is 6.32. The van der Waals surface area contributed by atoms with Crippen LogP contribution in [0, 0.1) is 0 Å². The Hall–Kier alpha value is -2.80. The average Bonchev–Trinajstić information content (AvgIpc) is 2.53. The maximum absolute atomic E-state index is 11.9. The summed E-state index contributed by atoms with van der Waals surface area (Å²) >= 11 is 5.85. The number of aromatic nitrogens is 1. The Morgan fingerprint density at radius 1 is 1.48 bits per heavy atom. The number of aromatic hydroxyl groups is 1. The van der Waals surface area contributed by atoms with Crippen LogP contribution >= 0.6 is 11.6 Å². The lowest BCUT2D eigenvalue weighted by atomic mass is 10.2. The van der Waals surface area contributed by atoms with Crippen LogP contribution in [-0.2, 0) is 7.05 Å². The molecular formula is C15H14ClN3O4. The number of carbonyl (C=O) groups excluding carboxylic acids is 1. The Labute approximate surface area is 136 Å². The summed E-state index contributed by atoms with van der Waals surface area (Å²) < 4.78 is 6.26. The van der Waals surface area contributed by atoms with Crippen molar-refractivity contribution in [1.82, 2.24) is 9.99 Å². The number of pyridine rings is 1. The Kier molecular flexibility index (Phi) is 5.02. The van der Waals surface area contributed by atoms with Gasteiger partial charge in [-0.25, -0.2) is 5.43 Å². The van der Waals surface area contributed by atoms with Crippen LogP contribution in [0.4, 0.5) is 0 Å². The van der Waals surface area contributed by atoms with Gasteiger partial charge in [-0.3, -0.25) is 9.59 Å². The fourth-order valence-corrected chi connectivity index (χ4v) is 2.04. The molecule has 0 radical (unpaired) electrons. The molecule has 0 fully saturated rings. The number of rotatable bonds is 4. The maximum Gasteiger partial charge on any atom is 0.276 e. The molecule has 0 atom stereocenters. The number of halogens is 1. The summed E-state index contributed by atoms with van der Waals surface area (Å²) in [4.78, 5) is 23.7. The Morgan fingerprint density at radius 2 is 2.22 bits per heavy atom. The smallest absolute Gasteiger partial charge is 0.276 e. The first-order valence-corrected chi connectivity index (χ1v) is 6.87. The van der Waals surface area contributed by atoms with Crippen LogP contribution in [0.2, 0.25) is 5.02 Å². The number of aryl methyl sites for hydroxylation is 1. The van der Waals surface area contributed by atoms with Crippen molar-refractivity contribution >= 4 is 23.7 Å². The van der Waals surface area contributed by atoms with E-state index in [0.717, 1.165) is 0 Å². The van der Waals surface area contributed by atoms with Crippen molar-refractivity contribution in [1.29, 1.82) is 0 Å². The van der Waals surface area contributed by atoms with Crippen molar-refractivity contribution in [2.75, 3.05) is 7.11 Å². The molecule has 0 spiro atoms. The molecule has 0 aliphatic carbocycles. The number of phenols is 1. The number of ether oxygens (including phenoxy) is 1. The highest BCUT2D eigenvalue weighted by Gasteiger charge is 2.10. The highest BCUT2D eigenvalue weighted by atomic mass is 35.5. The third-order valence-corrected chi connectivity index (χ3v) is 3.31. The standard InChI is InChI=1S/C15H14ClN3O4/c1-19-5-3-4-10(15(19)22)14(21)18-17-8-9-6-11(16)13(20)12(7-9)23-2/h3-8,20H,1-2H3,(H,18,21)/b17-8-. The van der Waals surface area contributed by atoms with Crippen LogP contribution in [0.25, 0.3) is 0 Å². The second-order valence-corrected chi connectivity index (χ2v) is 5.00. The number of benzene rings is 1. The van der Waals surface area contributed by atoms with Gasteiger partial charge in [-0.1, -0.05) is 11.6 Å². The molecule has 23 heavy (non-hydrogen) atoms. The van der Waals surface area contributed by atoms with Gasteiger partial charge in [-0.05, 0) is 29.8 Å². The van der Waals surface area contributed by atoms with Crippen molar-refractivity contribution in [3.8, 4) is 11.5 Å². The molecule has 0 aliphatic heterocycles. The van der Waals surface area contributed by atoms with Gasteiger partial charge in [-0.2, -0.15) is 5.10 Å². The van der Waals surface area contributed by atoms with Gasteiger partial charge < -0.3 is 14.4 Å². The topological polar surface area (TPSA) is 92.9 Å². The molecule has 7 nitrogen and oxygen atoms in total. The normalized spacial score (nSPS) is 10.7. The lowest BCUT2D eigenvalue weighted by molar-refractivity contribution is 0.0953. The molecule has 2 N–H and O–H groups in total. The number of hydrogen-bond donors (Lipinski definition) is 2. The fraction of sp³-hybridized carbons (Fsp3) is 0.133. The second kappa shape index (κ2) is 6.97. The predicted molar refractivity (Wildman–Crippen MR) is 86.4 cm³/mol. The van der Waals surface area contributed by atoms with Crippen LogP contribution in [0.3, 0.4) is 0 Å². The van der Waals surface area contributed by atoms with Gasteiger partial charge >= 0.3 is 0 Å². The molecule has 0 unspecified atom stereocenters. The summed E-state index contributed by atoms with van der Waals surface area (Å²) in [6.45, 7) is 0. The zero-order valence-electron chi connectivity index (χ0n) is 12.4. The van der Waals surface area contributed by atoms with Crippen LogP contribution in [0.1, 0.15) is 15.9 Å². The summed E-state index contributed by atoms with van der Waals surface area (Å²) in [5.74, 6) is -0.621. The molecule has 1 aromatic heterocycles. The van der Waals surface area contributed by atoms with Crippen molar-refractivity contribution in [3.05, 3.63) is 57.0 Å². The number of nitrogens with one attached hydrogen (secondary N) is 1. The molecule has 2 aromatic rings. The van der Waals surface area contributed by atoms with Gasteiger partial charge in [0.2, 0.25) is 0 Å². The summed E-state index contributed by atoms with van der Waals surface area (Å²) in [6, 6.07) is 5.95. The van der Waals surface area contributed by atoms with E-state index >= 15 is 0 Å². The molecule has 0 bridgehead atoms. The van der Waals surface area contributed by atoms with Gasteiger partial charge in [0.15, 0.2) is 11.5 Å². The Balaban J connectivity index is 2.16. The molecule has 1 heterocycles. The molecular weight excluding hydrogens is 322 g/mol. The zero-order chi connectivity index (χ0) is 17.0. The maximum atomic E-state index is 11.9. The second-order valence-electron chi connectivity index (χ2n) is 4.59. The molecule has 1 aromatic carbocycles. The minimum absolute atomic E-state index is 0.0199. The number of hydrazone groups is 1. The Morgan fingerprint density at radius 3 is 2.91 bits per heavy atom. The zero-order valence-corrected chi connectivity index (χ0v) is 13.2. The lowest BCUT2D eigenvalue weighted by Crippen LogP contribution is -2.29. The molecule has 0 aliphatic rings. The molecule has 120 valence electrons. The first-order chi connectivity index (χ1) is 10.9. The van der Waals surface area contributed by atoms with E-state index in [9.17, 15) is 14.7 Å². The van der Waals surface area contributed by atoms with Crippen molar-refractivity contribution in [2.24, 2.45) is 12.1 Å². The molecule has 1 amide bonds. The van der Waals surface area contributed by atoms with Crippen LogP contribution in [-0.4, -0.2) is 28.9 Å². The van der Waals surface area contributed by atoms with Gasteiger partial charge in [0.05, 0.1) is 18.3 Å². The van der Waals surface area contributed by atoms with E-state index in [4.69, 9.17) is 16.3 Å². The van der Waals surface area contributed by atoms with E-state index < -0.39 is 11.5 Å². The average molecular weight is 336 g/mol. The van der Waals surface area contributed by atoms with E-state index in [2.05, 4.69) is 10.5 Å². The summed E-state index contributed by atoms with van der Waals surface area (Å²) in [6.07, 6.45) is 2.87. The number of hydrogen-bond acceptors (Lipinski definition) is 5. The molecule has 2 rings (SSSR count). The third-order valence-electron chi connectivity index (χ3n) is 3.02. The quantitative estimate of drug-likeness (QED) is 0.654. The van der Waals surface area contributed by atoms with Crippen LogP contribution in [0.5, 0.6) is 11.5 Å². The number of carbonyl (C=O) groups is 1. The first kappa shape index (κ1) is 16.6. The van der Waals surface area contributed by atoms with E-state index in [0.29, 0.717) is 5.56 Å². The fourth-order valence-electron chi connectivity index (χ4n) is 1.82. The van der Waals surface area contributed by atoms with E-state index in [-0.39, 0.29) is 22.1 Å². The molecule has 0 saturated heterocycles. The third kappa shape index (κ3) is 3.70. The van der Waals surface area contributed by atoms with Crippen LogP contribution in [0.15, 0.2) is 40.4 Å². The van der Waals surface area contributed by atoms with E-state index in [1.807, 2.05) is 0 Å². The van der Waals surface area contributed by atoms with E-state index in [1.165, 1.54) is 36.1 Å². The summed E-state index contributed by atoms with van der Waals surface area (Å²) in [7, 11) is 2.94. The number of phenolic OH excluding ortho intramolecular Hbond substituents is 1. The van der Waals surface area contributed by atoms with Crippen molar-refractivity contribution < 1.29 is 14.6 Å². The van der Waals surface area contributed by atoms with Crippen molar-refractivity contribution in [2.45, 2.75) is 0 Å². The van der Waals surface area contributed by atoms with Gasteiger partial charge in [0.1, 0.15) is 5.56 Å². The van der Waals surface area contributed by atoms with Crippen LogP contribution < -0.4 is 15.7 Å². The van der Waals surface area contributed by atoms with Crippen molar-refractivity contribution in [3.63, 3.8) is 0 Å². The van der Waals surface area contributed by atoms with Gasteiger partial charge in [0.25, 0.3) is 11.5 Å². The predicted octanol–water partition coefficient (Wildman–Crippen LogP) is 1.52. The lowest BCUT2D eigenvalue weighted by Gasteiger charge is -2.06. The largest absolute Gasteiger partial charge is 0.503 e. The monoisotopic (exact) mass is 335 g/mol. The first-order valence-electron chi connectivity index (χ1n) is 6.49. The number of amides is 1. The SMILES string of the molecule is COc1cc(/C=N\NC(=O)c2cccn(C)c2=O)cc(Cl)c1O. The molecule has 8 heteroatoms. The summed E-state index contributed by atoms with van der Waals surface area (Å²) in [5.41, 5.74) is 2.32. The minimum Gasteiger partial charge on any atom is -0.503 e. The summed E-state index contributed by atoms with van der Waals surface area (Å²) in [5, 5.41) is 13.5. The highest BCUT2D eigenvalue weighted by Crippen LogP contribution is 2.34. The number of nitrogens with zero attached hydrogens (tertiary/aromatic N) is 2.